The van der Waals surface area contributed by atoms with Gasteiger partial charge in [-0.25, -0.2) is 4.90 Å². The summed E-state index contributed by atoms with van der Waals surface area (Å²) in [6.45, 7) is 5.55. The van der Waals surface area contributed by atoms with Gasteiger partial charge in [0.15, 0.2) is 5.78 Å². The zero-order valence-electron chi connectivity index (χ0n) is 19.0. The van der Waals surface area contributed by atoms with E-state index in [9.17, 15) is 14.4 Å². The number of rotatable bonds is 1. The van der Waals surface area contributed by atoms with Gasteiger partial charge >= 0.3 is 0 Å². The van der Waals surface area contributed by atoms with E-state index in [1.165, 1.54) is 4.90 Å². The van der Waals surface area contributed by atoms with Gasteiger partial charge in [0.05, 0.1) is 39.4 Å². The van der Waals surface area contributed by atoms with Gasteiger partial charge in [0.25, 0.3) is 0 Å². The van der Waals surface area contributed by atoms with Gasteiger partial charge in [0.1, 0.15) is 0 Å². The lowest BCUT2D eigenvalue weighted by Gasteiger charge is -2.34. The second kappa shape index (κ2) is 5.95. The normalized spacial score (nSPS) is 29.4. The standard InChI is InChI=1S/C28H21N3O3/c1-14-8-4-5-11-17(14)31-24(32)20-21(25(31)33)28(3)19-18(27(20,2)26(28)34)22-15(9-6-12-29-22)16-10-7-13-30-23(16)19/h4-13,20-21H,1-3H3/t20-,21+,27+,28-. The van der Waals surface area contributed by atoms with Crippen molar-refractivity contribution in [2.24, 2.45) is 11.8 Å². The van der Waals surface area contributed by atoms with Crippen LogP contribution >= 0.6 is 0 Å². The first-order chi connectivity index (χ1) is 16.3. The molecule has 1 saturated heterocycles. The Morgan fingerprint density at radius 1 is 0.735 bits per heavy atom. The molecular weight excluding hydrogens is 426 g/mol. The van der Waals surface area contributed by atoms with Crippen molar-refractivity contribution in [1.82, 2.24) is 9.97 Å². The molecule has 4 aromatic rings. The Morgan fingerprint density at radius 2 is 1.24 bits per heavy atom. The van der Waals surface area contributed by atoms with Gasteiger partial charge in [-0.05, 0) is 55.7 Å². The van der Waals surface area contributed by atoms with Crippen LogP contribution in [-0.2, 0) is 25.2 Å². The average molecular weight is 447 g/mol. The number of para-hydroxylation sites is 1. The van der Waals surface area contributed by atoms with Crippen LogP contribution in [0.15, 0.2) is 60.9 Å². The summed E-state index contributed by atoms with van der Waals surface area (Å²) in [7, 11) is 0. The minimum Gasteiger partial charge on any atom is -0.298 e. The van der Waals surface area contributed by atoms with Gasteiger partial charge in [-0.3, -0.25) is 24.4 Å². The van der Waals surface area contributed by atoms with Crippen molar-refractivity contribution in [3.63, 3.8) is 0 Å². The third-order valence-corrected chi connectivity index (χ3v) is 8.52. The van der Waals surface area contributed by atoms with E-state index in [2.05, 4.69) is 0 Å². The summed E-state index contributed by atoms with van der Waals surface area (Å²) in [5.41, 5.74) is 2.06. The lowest BCUT2D eigenvalue weighted by Crippen LogP contribution is -2.42. The predicted molar refractivity (Wildman–Crippen MR) is 127 cm³/mol. The van der Waals surface area contributed by atoms with E-state index in [0.717, 1.165) is 27.5 Å². The molecule has 0 unspecified atom stereocenters. The molecule has 1 aliphatic heterocycles. The SMILES string of the molecule is Cc1ccccc1N1C(=O)[C@@H]2[C@H](C1=O)[C@@]1(C)C(=O)[C@]2(C)c2c1c1ncccc1c1cccnc21. The van der Waals surface area contributed by atoms with E-state index in [0.29, 0.717) is 16.7 Å². The molecule has 3 heterocycles. The predicted octanol–water partition coefficient (Wildman–Crippen LogP) is 4.01. The molecule has 2 aliphatic carbocycles. The summed E-state index contributed by atoms with van der Waals surface area (Å²) in [5, 5.41) is 1.80. The highest BCUT2D eigenvalue weighted by molar-refractivity contribution is 6.31. The fourth-order valence-corrected chi connectivity index (χ4v) is 7.14. The molecule has 2 amide bonds. The molecule has 6 nitrogen and oxygen atoms in total. The Hall–Kier alpha value is -3.93. The van der Waals surface area contributed by atoms with Crippen LogP contribution in [0.5, 0.6) is 0 Å². The molecule has 7 rings (SSSR count). The van der Waals surface area contributed by atoms with E-state index < -0.39 is 22.7 Å². The number of pyridine rings is 2. The molecule has 1 saturated carbocycles. The molecule has 166 valence electrons. The van der Waals surface area contributed by atoms with E-state index in [1.807, 2.05) is 63.2 Å². The van der Waals surface area contributed by atoms with Crippen LogP contribution in [0.3, 0.4) is 0 Å². The first-order valence-electron chi connectivity index (χ1n) is 11.5. The van der Waals surface area contributed by atoms with Gasteiger partial charge in [-0.1, -0.05) is 30.3 Å². The molecule has 3 aliphatic rings. The number of amides is 2. The van der Waals surface area contributed by atoms with E-state index >= 15 is 0 Å². The summed E-state index contributed by atoms with van der Waals surface area (Å²) >= 11 is 0. The number of carbonyl (C=O) groups excluding carboxylic acids is 3. The second-order valence-corrected chi connectivity index (χ2v) is 10.0. The van der Waals surface area contributed by atoms with Crippen molar-refractivity contribution in [2.45, 2.75) is 31.6 Å². The monoisotopic (exact) mass is 447 g/mol. The number of aromatic nitrogens is 2. The van der Waals surface area contributed by atoms with Crippen molar-refractivity contribution >= 4 is 45.1 Å². The molecule has 2 fully saturated rings. The van der Waals surface area contributed by atoms with Crippen molar-refractivity contribution in [1.29, 1.82) is 0 Å². The van der Waals surface area contributed by atoms with Crippen LogP contribution in [0.1, 0.15) is 30.5 Å². The van der Waals surface area contributed by atoms with E-state index in [4.69, 9.17) is 9.97 Å². The van der Waals surface area contributed by atoms with Crippen molar-refractivity contribution < 1.29 is 14.4 Å². The van der Waals surface area contributed by atoms with Gasteiger partial charge in [0, 0.05) is 23.2 Å². The minimum absolute atomic E-state index is 0.0822. The minimum atomic E-state index is -1.16. The number of carbonyl (C=O) groups is 3. The number of anilines is 1. The fraction of sp³-hybridized carbons (Fsp3) is 0.250. The fourth-order valence-electron chi connectivity index (χ4n) is 7.14. The zero-order chi connectivity index (χ0) is 23.6. The van der Waals surface area contributed by atoms with Gasteiger partial charge in [-0.15, -0.1) is 0 Å². The summed E-state index contributed by atoms with van der Waals surface area (Å²) in [4.78, 5) is 52.8. The van der Waals surface area contributed by atoms with Crippen LogP contribution in [0, 0.1) is 18.8 Å². The molecule has 6 heteroatoms. The topological polar surface area (TPSA) is 80.2 Å². The number of Topliss-reactive ketones (excluding diaryl/α,β-unsaturated/α-hetero) is 1. The second-order valence-electron chi connectivity index (χ2n) is 10.0. The van der Waals surface area contributed by atoms with Crippen LogP contribution in [-0.4, -0.2) is 27.6 Å². The van der Waals surface area contributed by atoms with E-state index in [-0.39, 0.29) is 17.6 Å². The van der Waals surface area contributed by atoms with E-state index in [1.54, 1.807) is 18.5 Å². The molecular formula is C28H21N3O3. The maximum absolute atomic E-state index is 14.2. The number of benzene rings is 2. The summed E-state index contributed by atoms with van der Waals surface area (Å²) in [6.07, 6.45) is 3.43. The number of nitrogens with zero attached hydrogens (tertiary/aromatic N) is 3. The van der Waals surface area contributed by atoms with Crippen molar-refractivity contribution in [3.8, 4) is 0 Å². The summed E-state index contributed by atoms with van der Waals surface area (Å²) in [6, 6.07) is 15.1. The Balaban J connectivity index is 1.59. The maximum Gasteiger partial charge on any atom is 0.239 e. The number of fused-ring (bicyclic) bond motifs is 13. The highest BCUT2D eigenvalue weighted by Crippen LogP contribution is 2.68. The number of hydrogen-bond acceptors (Lipinski definition) is 5. The molecule has 2 aromatic carbocycles. The lowest BCUT2D eigenvalue weighted by atomic mass is 9.64. The number of ketones is 1. The maximum atomic E-state index is 14.2. The number of aryl methyl sites for hydroxylation is 1. The summed E-state index contributed by atoms with van der Waals surface area (Å²) in [5.74, 6) is -2.23. The number of hydrogen-bond donors (Lipinski definition) is 0. The van der Waals surface area contributed by atoms with Crippen molar-refractivity contribution in [3.05, 3.63) is 77.6 Å². The largest absolute Gasteiger partial charge is 0.298 e. The third kappa shape index (κ3) is 1.86. The molecule has 0 spiro atoms. The molecule has 4 atom stereocenters. The molecule has 2 bridgehead atoms. The Morgan fingerprint density at radius 3 is 1.74 bits per heavy atom. The first kappa shape index (κ1) is 19.5. The third-order valence-electron chi connectivity index (χ3n) is 8.52. The first-order valence-corrected chi connectivity index (χ1v) is 11.5. The zero-order valence-corrected chi connectivity index (χ0v) is 19.0. The molecule has 2 aromatic heterocycles. The molecule has 0 N–H and O–H groups in total. The Bertz CT molecular complexity index is 1550. The number of imide groups is 1. The lowest BCUT2D eigenvalue weighted by molar-refractivity contribution is -0.131. The molecule has 34 heavy (non-hydrogen) atoms. The summed E-state index contributed by atoms with van der Waals surface area (Å²) < 4.78 is 0. The Labute approximate surface area is 195 Å². The van der Waals surface area contributed by atoms with Gasteiger partial charge < -0.3 is 0 Å². The van der Waals surface area contributed by atoms with Crippen LogP contribution in [0.25, 0.3) is 21.8 Å². The Kier molecular flexibility index (Phi) is 3.42. The molecule has 0 radical (unpaired) electrons. The van der Waals surface area contributed by atoms with Crippen LogP contribution in [0.4, 0.5) is 5.69 Å². The van der Waals surface area contributed by atoms with Crippen LogP contribution in [0.2, 0.25) is 0 Å². The quantitative estimate of drug-likeness (QED) is 0.325. The van der Waals surface area contributed by atoms with Gasteiger partial charge in [0.2, 0.25) is 11.8 Å². The van der Waals surface area contributed by atoms with Crippen molar-refractivity contribution in [2.75, 3.05) is 4.90 Å². The highest BCUT2D eigenvalue weighted by atomic mass is 16.2. The smallest absolute Gasteiger partial charge is 0.239 e. The average Bonchev–Trinajstić information content (AvgIpc) is 3.29. The highest BCUT2D eigenvalue weighted by Gasteiger charge is 2.79. The van der Waals surface area contributed by atoms with Crippen LogP contribution < -0.4 is 4.90 Å². The van der Waals surface area contributed by atoms with Gasteiger partial charge in [-0.2, -0.15) is 0 Å².